The van der Waals surface area contributed by atoms with Gasteiger partial charge in [-0.25, -0.2) is 0 Å². The predicted octanol–water partition coefficient (Wildman–Crippen LogP) is 6.04. The number of amides is 13. The summed E-state index contributed by atoms with van der Waals surface area (Å²) in [6.07, 6.45) is 23.2. The van der Waals surface area contributed by atoms with Gasteiger partial charge in [0, 0.05) is 120 Å². The summed E-state index contributed by atoms with van der Waals surface area (Å²) in [6.45, 7) is 29.4. The molecule has 0 aromatic carbocycles. The maximum Gasteiger partial charge on any atom is 0.231 e. The van der Waals surface area contributed by atoms with E-state index in [9.17, 15) is 91.1 Å². The van der Waals surface area contributed by atoms with E-state index >= 15 is 0 Å². The minimum atomic E-state index is -0.552. The Hall–Kier alpha value is -8.21. The molecule has 0 bridgehead atoms. The van der Waals surface area contributed by atoms with Crippen LogP contribution < -0.4 is 44.2 Å². The Morgan fingerprint density at radius 2 is 0.512 bits per heavy atom. The van der Waals surface area contributed by atoms with Crippen molar-refractivity contribution in [1.82, 2.24) is 50.7 Å². The fourth-order valence-electron chi connectivity index (χ4n) is 21.4. The van der Waals surface area contributed by atoms with E-state index in [1.54, 1.807) is 36.3 Å². The lowest BCUT2D eigenvalue weighted by molar-refractivity contribution is -0.171. The number of β-lactam (4-membered cyclic amide) rings is 6. The molecule has 12 N–H and O–H groups in total. The third-order valence-electron chi connectivity index (χ3n) is 29.9. The van der Waals surface area contributed by atoms with Crippen molar-refractivity contribution in [2.24, 2.45) is 79.1 Å². The lowest BCUT2D eigenvalue weighted by Crippen LogP contribution is -2.67. The molecule has 12 fully saturated rings. The Kier molecular flexibility index (Phi) is 39.2. The molecule has 6 aliphatic carbocycles. The van der Waals surface area contributed by atoms with Crippen LogP contribution in [0.2, 0.25) is 0 Å². The first-order valence-corrected chi connectivity index (χ1v) is 48.5. The zero-order chi connectivity index (χ0) is 96.3. The first-order chi connectivity index (χ1) is 60.4. The van der Waals surface area contributed by atoms with E-state index in [0.717, 1.165) is 173 Å². The fourth-order valence-corrected chi connectivity index (χ4v) is 22.3. The molecule has 6 atom stereocenters. The van der Waals surface area contributed by atoms with Crippen LogP contribution in [0.4, 0.5) is 0 Å². The third kappa shape index (κ3) is 27.3. The maximum atomic E-state index is 12.7. The van der Waals surface area contributed by atoms with Crippen LogP contribution in [0.25, 0.3) is 0 Å². The van der Waals surface area contributed by atoms with Gasteiger partial charge in [0.1, 0.15) is 0 Å². The van der Waals surface area contributed by atoms with Crippen LogP contribution in [0.1, 0.15) is 302 Å². The molecule has 33 nitrogen and oxygen atoms in total. The Morgan fingerprint density at radius 3 is 0.682 bits per heavy atom. The van der Waals surface area contributed by atoms with E-state index < -0.39 is 47.8 Å². The summed E-state index contributed by atoms with van der Waals surface area (Å²) in [5, 5.41) is 12.4. The molecule has 129 heavy (non-hydrogen) atoms. The van der Waals surface area contributed by atoms with Crippen molar-refractivity contribution in [2.75, 3.05) is 57.3 Å². The average Bonchev–Trinajstić information content (AvgIpc) is 0.824. The number of hydrogen-bond donors (Lipinski definition) is 10. The standard InChI is InChI=1S/C18H29N3O4.C18H31N3O3.C16H25N3O4.C15H24N2O3.C14H22N2O3S.C13H21NO2S/c1-11(2)16(24)20-13-6-8-18(9-7-13)10-21(17(18)25)14(12(3)22)4-5-15(19)23;1-12(2)10-20-14-6-8-18(9-7-14)11-21(17(18)24)15(13(3)22)4-5-16(19)23;1-10(20)13(3-4-14(17)22)19-9-16(15(19)23)7-5-12(6-8-16)18-11(2)21;1-10-5-7-15(8-6-10)9-17(14(15)20)12(11(2)18)3-4-13(16)19;1-9(17)12(7-20)16-8-14(13(16)19)5-3-11(4-6-14)15-10(2)18;1-9-3-5-13(6-4-9)8-14(12(13)16)11(7-17)10(2)15/h11,13-14H,4-10H2,1-3H3,(H2,19,23)(H,20,24);12,14-15,20H,4-11H2,1-3H3,(H2,19,23);12-13H,3-9H2,1-2H3,(H2,17,22)(H,18,21);10,12H,3-9H2,1-2H3,(H2,16,19);11-12,20H,3-8H2,1-2H3,(H,15,18);9,11,17H,3-8H2,1-2H3. The molecule has 12 aliphatic rings. The molecule has 35 heteroatoms. The van der Waals surface area contributed by atoms with Gasteiger partial charge in [-0.15, -0.1) is 0 Å². The molecule has 13 amide bonds. The van der Waals surface area contributed by atoms with Crippen LogP contribution in [0.5, 0.6) is 0 Å². The van der Waals surface area contributed by atoms with Gasteiger partial charge in [-0.2, -0.15) is 25.3 Å². The Bertz CT molecular complexity index is 4090. The topological polar surface area (TPSA) is 496 Å². The summed E-state index contributed by atoms with van der Waals surface area (Å²) in [7, 11) is 0. The quantitative estimate of drug-likeness (QED) is 0.0264. The summed E-state index contributed by atoms with van der Waals surface area (Å²) in [5.74, 6) is 1.25. The van der Waals surface area contributed by atoms with Crippen LogP contribution in [0.3, 0.4) is 0 Å². The number of rotatable bonds is 33. The third-order valence-corrected chi connectivity index (χ3v) is 30.6. The minimum absolute atomic E-state index is 0.00319. The first-order valence-electron chi connectivity index (χ1n) is 47.2. The maximum absolute atomic E-state index is 12.7. The van der Waals surface area contributed by atoms with Crippen LogP contribution in [0.15, 0.2) is 0 Å². The van der Waals surface area contributed by atoms with Gasteiger partial charge in [-0.1, -0.05) is 41.5 Å². The average molecular weight is 1850 g/mol. The van der Waals surface area contributed by atoms with Crippen LogP contribution in [-0.2, 0) is 91.1 Å². The lowest BCUT2D eigenvalue weighted by Gasteiger charge is -2.54. The summed E-state index contributed by atoms with van der Waals surface area (Å²) in [5.41, 5.74) is 18.9. The number of nitrogens with zero attached hydrogens (tertiary/aromatic N) is 6. The summed E-state index contributed by atoms with van der Waals surface area (Å²) < 4.78 is 0. The normalized spacial score (nSPS) is 29.7. The van der Waals surface area contributed by atoms with Gasteiger partial charge < -0.3 is 73.6 Å². The van der Waals surface area contributed by atoms with Crippen molar-refractivity contribution in [3.63, 3.8) is 0 Å². The highest BCUT2D eigenvalue weighted by atomic mass is 32.1. The van der Waals surface area contributed by atoms with E-state index in [2.05, 4.69) is 74.2 Å². The van der Waals surface area contributed by atoms with Gasteiger partial charge in [0.05, 0.1) is 68.7 Å². The number of carbonyl (C=O) groups excluding carboxylic acids is 19. The summed E-state index contributed by atoms with van der Waals surface area (Å²) >= 11 is 8.34. The molecule has 724 valence electrons. The Morgan fingerprint density at radius 1 is 0.318 bits per heavy atom. The molecular formula is C94H152N14O19S2. The second kappa shape index (κ2) is 46.9. The van der Waals surface area contributed by atoms with Crippen molar-refractivity contribution >= 4 is 137 Å². The van der Waals surface area contributed by atoms with Gasteiger partial charge in [0.2, 0.25) is 76.8 Å². The van der Waals surface area contributed by atoms with E-state index in [-0.39, 0.29) is 182 Å². The minimum Gasteiger partial charge on any atom is -0.370 e. The van der Waals surface area contributed by atoms with Crippen LogP contribution in [-0.4, -0.2) is 259 Å². The predicted molar refractivity (Wildman–Crippen MR) is 491 cm³/mol. The monoisotopic (exact) mass is 1850 g/mol. The highest BCUT2D eigenvalue weighted by molar-refractivity contribution is 7.80. The van der Waals surface area contributed by atoms with E-state index in [4.69, 9.17) is 22.9 Å². The largest absolute Gasteiger partial charge is 0.370 e. The Labute approximate surface area is 773 Å². The number of carbonyl (C=O) groups is 19. The second-order valence-electron chi connectivity index (χ2n) is 40.8. The number of nitrogens with two attached hydrogens (primary N) is 4. The molecule has 6 unspecified atom stereocenters. The molecule has 0 aromatic heterocycles. The molecule has 6 heterocycles. The highest BCUT2D eigenvalue weighted by Gasteiger charge is 2.61. The lowest BCUT2D eigenvalue weighted by atomic mass is 9.65. The van der Waals surface area contributed by atoms with Crippen molar-refractivity contribution < 1.29 is 91.1 Å². The van der Waals surface area contributed by atoms with Crippen LogP contribution in [0, 0.1) is 56.2 Å². The smallest absolute Gasteiger partial charge is 0.231 e. The number of likely N-dealkylation sites (tertiary alicyclic amines) is 6. The van der Waals surface area contributed by atoms with Crippen molar-refractivity contribution in [3.05, 3.63) is 0 Å². The molecule has 0 aromatic rings. The molecule has 6 saturated heterocycles. The molecule has 6 spiro atoms. The molecule has 0 radical (unpaired) electrons. The molecule has 6 saturated carbocycles. The van der Waals surface area contributed by atoms with Crippen LogP contribution >= 0.6 is 25.3 Å². The number of nitrogens with one attached hydrogen (secondary N) is 4. The summed E-state index contributed by atoms with van der Waals surface area (Å²) in [4.78, 5) is 233. The van der Waals surface area contributed by atoms with Crippen molar-refractivity contribution in [3.8, 4) is 0 Å². The first kappa shape index (κ1) is 108. The van der Waals surface area contributed by atoms with Gasteiger partial charge in [0.25, 0.3) is 0 Å². The fraction of sp³-hybridized carbons (Fsp3) is 0.798. The van der Waals surface area contributed by atoms with E-state index in [1.807, 2.05) is 13.8 Å². The van der Waals surface area contributed by atoms with Gasteiger partial charge >= 0.3 is 0 Å². The number of primary amides is 4. The van der Waals surface area contributed by atoms with Crippen molar-refractivity contribution in [2.45, 2.75) is 363 Å². The number of Topliss-reactive ketones (excluding diaryl/α,β-unsaturated/α-hetero) is 6. The SMILES string of the molecule is CC(=O)C(CCC(N)=O)N1CC2(CCC(C)CC2)C1=O.CC(=O)C(CCC(N)=O)N1CC2(CCC(NC(=O)C(C)C)CC2)C1=O.CC(=O)C(CCC(N)=O)N1CC2(CCC(NCC(C)C)CC2)C1=O.CC(=O)C(CS)N1CC2(CCC(C)CC2)C1=O.CC(=O)NC1CCC2(CC1)CN(C(CCC(N)=O)C(C)=O)C2=O.CC(=O)NC1CCC2(CC1)CN(C(CS)C(C)=O)C2=O. The van der Waals surface area contributed by atoms with Gasteiger partial charge in [-0.05, 0) is 246 Å². The van der Waals surface area contributed by atoms with E-state index in [0.29, 0.717) is 87.8 Å². The van der Waals surface area contributed by atoms with E-state index in [1.165, 1.54) is 48.5 Å². The number of thiol groups is 2. The van der Waals surface area contributed by atoms with Crippen molar-refractivity contribution in [1.29, 1.82) is 0 Å². The molecule has 12 rings (SSSR count). The highest BCUT2D eigenvalue weighted by Crippen LogP contribution is 2.53. The Balaban J connectivity index is 0.000000213. The zero-order valence-corrected chi connectivity index (χ0v) is 81.0. The number of ketones is 6. The molecule has 6 aliphatic heterocycles. The molecular weight excluding hydrogens is 1690 g/mol. The summed E-state index contributed by atoms with van der Waals surface area (Å²) in [6, 6.07) is -1.81. The van der Waals surface area contributed by atoms with Gasteiger partial charge in [0.15, 0.2) is 34.7 Å². The second-order valence-corrected chi connectivity index (χ2v) is 41.5. The van der Waals surface area contributed by atoms with Gasteiger partial charge in [-0.3, -0.25) is 91.1 Å². The number of hydrogen-bond acceptors (Lipinski definition) is 22. The zero-order valence-electron chi connectivity index (χ0n) is 79.2.